The van der Waals surface area contributed by atoms with Crippen LogP contribution >= 0.6 is 0 Å². The molecular weight excluding hydrogens is 206 g/mol. The van der Waals surface area contributed by atoms with Crippen molar-refractivity contribution in [2.75, 3.05) is 6.61 Å². The number of ether oxygens (including phenoxy) is 1. The molecule has 4 nitrogen and oxygen atoms in total. The second-order valence-electron chi connectivity index (χ2n) is 4.63. The van der Waals surface area contributed by atoms with Crippen LogP contribution in [0.25, 0.3) is 0 Å². The predicted molar refractivity (Wildman–Crippen MR) is 57.5 cm³/mol. The molecule has 1 aromatic heterocycles. The molecule has 0 amide bonds. The first-order chi connectivity index (χ1) is 7.77. The first-order valence-electron chi connectivity index (χ1n) is 5.79. The third-order valence-electron chi connectivity index (χ3n) is 3.55. The second kappa shape index (κ2) is 3.63. The van der Waals surface area contributed by atoms with Crippen molar-refractivity contribution in [1.82, 2.24) is 4.57 Å². The number of hydrogen-bond donors (Lipinski definition) is 1. The predicted octanol–water partition coefficient (Wildman–Crippen LogP) is 1.93. The molecule has 2 atom stereocenters. The Hall–Kier alpha value is -1.29. The summed E-state index contributed by atoms with van der Waals surface area (Å²) in [6.45, 7) is 0.753. The molecule has 0 radical (unpaired) electrons. The van der Waals surface area contributed by atoms with Crippen molar-refractivity contribution >= 4 is 5.97 Å². The van der Waals surface area contributed by atoms with Gasteiger partial charge in [0, 0.05) is 12.8 Å². The van der Waals surface area contributed by atoms with E-state index in [1.807, 2.05) is 10.8 Å². The lowest BCUT2D eigenvalue weighted by molar-refractivity contribution is 0.0645. The van der Waals surface area contributed by atoms with Crippen LogP contribution in [-0.2, 0) is 4.74 Å². The van der Waals surface area contributed by atoms with Crippen molar-refractivity contribution in [2.24, 2.45) is 5.92 Å². The fourth-order valence-electron chi connectivity index (χ4n) is 2.64. The van der Waals surface area contributed by atoms with E-state index in [1.54, 1.807) is 12.1 Å². The molecule has 3 rings (SSSR count). The van der Waals surface area contributed by atoms with Crippen LogP contribution in [0.3, 0.4) is 0 Å². The van der Waals surface area contributed by atoms with Gasteiger partial charge in [-0.15, -0.1) is 0 Å². The van der Waals surface area contributed by atoms with Gasteiger partial charge in [0.25, 0.3) is 0 Å². The monoisotopic (exact) mass is 221 g/mol. The first-order valence-corrected chi connectivity index (χ1v) is 5.79. The first kappa shape index (κ1) is 9.90. The zero-order chi connectivity index (χ0) is 11.1. The Morgan fingerprint density at radius 3 is 2.94 bits per heavy atom. The van der Waals surface area contributed by atoms with Gasteiger partial charge in [-0.1, -0.05) is 0 Å². The number of carbonyl (C=O) groups is 1. The molecule has 1 aliphatic heterocycles. The van der Waals surface area contributed by atoms with Gasteiger partial charge < -0.3 is 14.4 Å². The summed E-state index contributed by atoms with van der Waals surface area (Å²) in [5.74, 6) is -0.206. The van der Waals surface area contributed by atoms with Crippen molar-refractivity contribution < 1.29 is 14.6 Å². The van der Waals surface area contributed by atoms with E-state index in [9.17, 15) is 4.79 Å². The van der Waals surface area contributed by atoms with Crippen LogP contribution in [0.5, 0.6) is 0 Å². The van der Waals surface area contributed by atoms with Gasteiger partial charge in [-0.3, -0.25) is 0 Å². The Morgan fingerprint density at radius 2 is 2.25 bits per heavy atom. The maximum atomic E-state index is 11.1. The van der Waals surface area contributed by atoms with E-state index >= 15 is 0 Å². The molecule has 86 valence electrons. The average molecular weight is 221 g/mol. The Kier molecular flexibility index (Phi) is 2.24. The molecule has 2 aliphatic rings. The number of rotatable bonds is 3. The highest BCUT2D eigenvalue weighted by Gasteiger charge is 2.42. The minimum Gasteiger partial charge on any atom is -0.477 e. The second-order valence-corrected chi connectivity index (χ2v) is 4.63. The van der Waals surface area contributed by atoms with Crippen molar-refractivity contribution in [3.05, 3.63) is 24.0 Å². The van der Waals surface area contributed by atoms with Crippen LogP contribution in [-0.4, -0.2) is 28.4 Å². The van der Waals surface area contributed by atoms with E-state index in [0.717, 1.165) is 13.0 Å². The summed E-state index contributed by atoms with van der Waals surface area (Å²) in [6, 6.07) is 3.67. The molecule has 0 spiro atoms. The molecule has 1 saturated heterocycles. The quantitative estimate of drug-likeness (QED) is 0.848. The minimum absolute atomic E-state index is 0.216. The van der Waals surface area contributed by atoms with Crippen LogP contribution in [0.2, 0.25) is 0 Å². The van der Waals surface area contributed by atoms with E-state index < -0.39 is 5.97 Å². The molecule has 4 heteroatoms. The Balaban J connectivity index is 1.89. The highest BCUT2D eigenvalue weighted by atomic mass is 16.5. The van der Waals surface area contributed by atoms with E-state index in [4.69, 9.17) is 9.84 Å². The van der Waals surface area contributed by atoms with Crippen molar-refractivity contribution in [3.63, 3.8) is 0 Å². The summed E-state index contributed by atoms with van der Waals surface area (Å²) >= 11 is 0. The summed E-state index contributed by atoms with van der Waals surface area (Å²) < 4.78 is 7.61. The third kappa shape index (κ3) is 1.53. The number of aromatic nitrogens is 1. The Labute approximate surface area is 93.8 Å². The van der Waals surface area contributed by atoms with E-state index in [-0.39, 0.29) is 12.1 Å². The topological polar surface area (TPSA) is 51.5 Å². The van der Waals surface area contributed by atoms with E-state index in [0.29, 0.717) is 11.6 Å². The maximum absolute atomic E-state index is 11.1. The fourth-order valence-corrected chi connectivity index (χ4v) is 2.64. The normalized spacial score (nSPS) is 29.5. The summed E-state index contributed by atoms with van der Waals surface area (Å²) in [7, 11) is 0. The van der Waals surface area contributed by atoms with E-state index in [2.05, 4.69) is 0 Å². The van der Waals surface area contributed by atoms with Crippen LogP contribution in [0.1, 0.15) is 35.8 Å². The van der Waals surface area contributed by atoms with Crippen molar-refractivity contribution in [1.29, 1.82) is 0 Å². The summed E-state index contributed by atoms with van der Waals surface area (Å²) in [5.41, 5.74) is 0.376. The van der Waals surface area contributed by atoms with Crippen LogP contribution in [0.15, 0.2) is 18.3 Å². The van der Waals surface area contributed by atoms with Crippen LogP contribution < -0.4 is 0 Å². The van der Waals surface area contributed by atoms with Crippen molar-refractivity contribution in [2.45, 2.75) is 31.4 Å². The molecule has 2 fully saturated rings. The smallest absolute Gasteiger partial charge is 0.352 e. The van der Waals surface area contributed by atoms with Crippen LogP contribution in [0.4, 0.5) is 0 Å². The zero-order valence-electron chi connectivity index (χ0n) is 9.00. The number of aromatic carboxylic acids is 1. The number of hydrogen-bond acceptors (Lipinski definition) is 2. The molecule has 2 heterocycles. The molecule has 16 heavy (non-hydrogen) atoms. The fraction of sp³-hybridized carbons (Fsp3) is 0.583. The van der Waals surface area contributed by atoms with Gasteiger partial charge >= 0.3 is 5.97 Å². The highest BCUT2D eigenvalue weighted by Crippen LogP contribution is 2.43. The molecule has 1 N–H and O–H groups in total. The highest BCUT2D eigenvalue weighted by molar-refractivity contribution is 5.85. The summed E-state index contributed by atoms with van der Waals surface area (Å²) in [6.07, 6.45) is 5.47. The largest absolute Gasteiger partial charge is 0.477 e. The summed E-state index contributed by atoms with van der Waals surface area (Å²) in [5, 5.41) is 9.09. The van der Waals surface area contributed by atoms with Crippen molar-refractivity contribution in [3.8, 4) is 0 Å². The Bertz CT molecular complexity index is 408. The van der Waals surface area contributed by atoms with Gasteiger partial charge in [0.05, 0.1) is 12.1 Å². The van der Waals surface area contributed by atoms with E-state index in [1.165, 1.54) is 12.8 Å². The van der Waals surface area contributed by atoms with Gasteiger partial charge in [0.2, 0.25) is 0 Å². The minimum atomic E-state index is -0.855. The lowest BCUT2D eigenvalue weighted by atomic mass is 10.1. The molecule has 1 aliphatic carbocycles. The molecule has 1 saturated carbocycles. The molecule has 0 aromatic carbocycles. The number of carboxylic acid groups (broad SMARTS) is 1. The lowest BCUT2D eigenvalue weighted by Gasteiger charge is -2.21. The third-order valence-corrected chi connectivity index (χ3v) is 3.55. The maximum Gasteiger partial charge on any atom is 0.352 e. The van der Waals surface area contributed by atoms with Gasteiger partial charge in [0.1, 0.15) is 5.69 Å². The number of carboxylic acids is 1. The summed E-state index contributed by atoms with van der Waals surface area (Å²) in [4.78, 5) is 11.1. The van der Waals surface area contributed by atoms with Gasteiger partial charge in [-0.25, -0.2) is 4.79 Å². The number of nitrogens with zero attached hydrogens (tertiary/aromatic N) is 1. The molecule has 2 unspecified atom stereocenters. The van der Waals surface area contributed by atoms with Gasteiger partial charge in [-0.2, -0.15) is 0 Å². The zero-order valence-corrected chi connectivity index (χ0v) is 9.00. The average Bonchev–Trinajstić information content (AvgIpc) is 2.82. The van der Waals surface area contributed by atoms with Crippen LogP contribution in [0, 0.1) is 5.92 Å². The SMILES string of the molecule is O=C(O)c1cccn1C1CCOC1C1CC1. The lowest BCUT2D eigenvalue weighted by Crippen LogP contribution is -2.24. The molecule has 1 aromatic rings. The Morgan fingerprint density at radius 1 is 1.44 bits per heavy atom. The molecular formula is C12H15NO3. The standard InChI is InChI=1S/C12H15NO3/c14-12(15)10-2-1-6-13(10)9-5-7-16-11(9)8-3-4-8/h1-2,6,8-9,11H,3-5,7H2,(H,14,15). The molecule has 0 bridgehead atoms. The van der Waals surface area contributed by atoms with Gasteiger partial charge in [0.15, 0.2) is 0 Å². The van der Waals surface area contributed by atoms with Gasteiger partial charge in [-0.05, 0) is 37.3 Å².